The molecule has 0 amide bonds. The molecule has 1 fully saturated rings. The number of hydrogen-bond donors (Lipinski definition) is 2. The van der Waals surface area contributed by atoms with E-state index in [1.54, 1.807) is 17.9 Å². The number of ether oxygens (including phenoxy) is 2. The molecule has 3 aromatic heterocycles. The predicted molar refractivity (Wildman–Crippen MR) is 114 cm³/mol. The molecule has 1 saturated heterocycles. The van der Waals surface area contributed by atoms with Crippen molar-refractivity contribution in [3.8, 4) is 0 Å². The molecule has 0 saturated carbocycles. The van der Waals surface area contributed by atoms with Crippen LogP contribution >= 0.6 is 0 Å². The number of rotatable bonds is 7. The number of nitrogen functional groups attached to an aromatic ring is 1. The number of methoxy groups -OCH3 is 1. The van der Waals surface area contributed by atoms with Gasteiger partial charge in [0.25, 0.3) is 0 Å². The molecule has 0 bridgehead atoms. The van der Waals surface area contributed by atoms with Gasteiger partial charge in [-0.15, -0.1) is 0 Å². The number of aryl methyl sites for hydroxylation is 1. The van der Waals surface area contributed by atoms with Crippen LogP contribution in [0.5, 0.6) is 0 Å². The molecule has 0 radical (unpaired) electrons. The fourth-order valence-corrected chi connectivity index (χ4v) is 3.57. The highest BCUT2D eigenvalue weighted by molar-refractivity contribution is 5.61. The number of aromatic amines is 1. The van der Waals surface area contributed by atoms with Gasteiger partial charge in [-0.25, -0.2) is 8.78 Å². The van der Waals surface area contributed by atoms with Crippen molar-refractivity contribution in [2.75, 3.05) is 55.6 Å². The highest BCUT2D eigenvalue weighted by atomic mass is 19.1. The van der Waals surface area contributed by atoms with Gasteiger partial charge in [-0.05, 0) is 6.92 Å². The quantitative estimate of drug-likeness (QED) is 0.543. The SMILES string of the molecule is COCC(c1ncc(F)cc1F)N(c1cc(C)[nH]n1)c1nc(N)c(F)c(N2CCOCC2)n1. The molecular formula is C20H23F3N8O2. The van der Waals surface area contributed by atoms with Crippen LogP contribution in [0, 0.1) is 24.4 Å². The molecule has 4 rings (SSSR count). The van der Waals surface area contributed by atoms with Gasteiger partial charge in [0.05, 0.1) is 26.0 Å². The summed E-state index contributed by atoms with van der Waals surface area (Å²) in [5.41, 5.74) is 6.47. The van der Waals surface area contributed by atoms with Gasteiger partial charge in [-0.3, -0.25) is 15.0 Å². The summed E-state index contributed by atoms with van der Waals surface area (Å²) in [6.07, 6.45) is 0.897. The van der Waals surface area contributed by atoms with E-state index in [1.165, 1.54) is 12.0 Å². The van der Waals surface area contributed by atoms with Crippen molar-refractivity contribution < 1.29 is 22.6 Å². The van der Waals surface area contributed by atoms with Gasteiger partial charge in [0.15, 0.2) is 17.5 Å². The first kappa shape index (κ1) is 22.7. The molecule has 1 aliphatic heterocycles. The first-order chi connectivity index (χ1) is 15.9. The van der Waals surface area contributed by atoms with E-state index in [0.29, 0.717) is 37.8 Å². The summed E-state index contributed by atoms with van der Waals surface area (Å²) in [6, 6.07) is 1.42. The number of nitrogens with one attached hydrogen (secondary N) is 1. The minimum absolute atomic E-state index is 0.0123. The lowest BCUT2D eigenvalue weighted by molar-refractivity contribution is 0.122. The molecule has 0 aromatic carbocycles. The molecule has 1 unspecified atom stereocenters. The summed E-state index contributed by atoms with van der Waals surface area (Å²) in [6.45, 7) is 3.30. The Balaban J connectivity index is 1.88. The minimum atomic E-state index is -0.972. The van der Waals surface area contributed by atoms with Crippen LogP contribution in [0.1, 0.15) is 17.4 Å². The number of morpholine rings is 1. The van der Waals surface area contributed by atoms with Crippen molar-refractivity contribution >= 4 is 23.4 Å². The van der Waals surface area contributed by atoms with Crippen LogP contribution in [-0.2, 0) is 9.47 Å². The molecule has 176 valence electrons. The smallest absolute Gasteiger partial charge is 0.236 e. The third kappa shape index (κ3) is 4.68. The van der Waals surface area contributed by atoms with E-state index >= 15 is 0 Å². The summed E-state index contributed by atoms with van der Waals surface area (Å²) in [5.74, 6) is -2.64. The summed E-state index contributed by atoms with van der Waals surface area (Å²) in [5, 5.41) is 7.04. The van der Waals surface area contributed by atoms with Crippen LogP contribution in [0.15, 0.2) is 18.3 Å². The zero-order valence-electron chi connectivity index (χ0n) is 18.1. The van der Waals surface area contributed by atoms with E-state index in [4.69, 9.17) is 15.2 Å². The molecule has 4 heterocycles. The number of halogens is 3. The van der Waals surface area contributed by atoms with Gasteiger partial charge < -0.3 is 20.1 Å². The van der Waals surface area contributed by atoms with Gasteiger partial charge >= 0.3 is 0 Å². The van der Waals surface area contributed by atoms with Gasteiger partial charge in [0, 0.05) is 38.0 Å². The fourth-order valence-electron chi connectivity index (χ4n) is 3.57. The van der Waals surface area contributed by atoms with E-state index in [9.17, 15) is 13.2 Å². The lowest BCUT2D eigenvalue weighted by Gasteiger charge is -2.32. The van der Waals surface area contributed by atoms with Crippen molar-refractivity contribution in [2.24, 2.45) is 0 Å². The van der Waals surface area contributed by atoms with E-state index < -0.39 is 23.5 Å². The fraction of sp³-hybridized carbons (Fsp3) is 0.400. The van der Waals surface area contributed by atoms with Gasteiger partial charge in [-0.1, -0.05) is 0 Å². The Labute approximate surface area is 187 Å². The van der Waals surface area contributed by atoms with Crippen LogP contribution in [0.25, 0.3) is 0 Å². The Hall–Kier alpha value is -3.45. The van der Waals surface area contributed by atoms with Crippen LogP contribution in [0.3, 0.4) is 0 Å². The number of nitrogens with two attached hydrogens (primary N) is 1. The molecular weight excluding hydrogens is 441 g/mol. The number of pyridine rings is 1. The Morgan fingerprint density at radius 3 is 2.64 bits per heavy atom. The summed E-state index contributed by atoms with van der Waals surface area (Å²) >= 11 is 0. The summed E-state index contributed by atoms with van der Waals surface area (Å²) in [4.78, 5) is 15.6. The topological polar surface area (TPSA) is 118 Å². The Bertz CT molecular complexity index is 1120. The molecule has 1 atom stereocenters. The summed E-state index contributed by atoms with van der Waals surface area (Å²) < 4.78 is 53.9. The number of nitrogens with zero attached hydrogens (tertiary/aromatic N) is 6. The zero-order valence-corrected chi connectivity index (χ0v) is 18.1. The highest BCUT2D eigenvalue weighted by Gasteiger charge is 2.32. The van der Waals surface area contributed by atoms with E-state index in [1.807, 2.05) is 0 Å². The number of aromatic nitrogens is 5. The largest absolute Gasteiger partial charge is 0.382 e. The Morgan fingerprint density at radius 1 is 1.24 bits per heavy atom. The van der Waals surface area contributed by atoms with Crippen LogP contribution in [-0.4, -0.2) is 65.2 Å². The molecule has 1 aliphatic rings. The maximum Gasteiger partial charge on any atom is 0.236 e. The molecule has 3 N–H and O–H groups in total. The lowest BCUT2D eigenvalue weighted by Crippen LogP contribution is -2.38. The number of H-pyrrole nitrogens is 1. The number of anilines is 4. The lowest BCUT2D eigenvalue weighted by atomic mass is 10.1. The molecule has 33 heavy (non-hydrogen) atoms. The monoisotopic (exact) mass is 464 g/mol. The third-order valence-corrected chi connectivity index (χ3v) is 5.10. The molecule has 0 aliphatic carbocycles. The van der Waals surface area contributed by atoms with E-state index in [2.05, 4.69) is 25.1 Å². The van der Waals surface area contributed by atoms with Gasteiger partial charge in [0.1, 0.15) is 23.4 Å². The zero-order chi connectivity index (χ0) is 23.5. The van der Waals surface area contributed by atoms with E-state index in [-0.39, 0.29) is 29.9 Å². The summed E-state index contributed by atoms with van der Waals surface area (Å²) in [7, 11) is 1.42. The minimum Gasteiger partial charge on any atom is -0.382 e. The second-order valence-electron chi connectivity index (χ2n) is 7.42. The van der Waals surface area contributed by atoms with E-state index in [0.717, 1.165) is 12.3 Å². The normalized spacial score (nSPS) is 15.0. The van der Waals surface area contributed by atoms with Crippen LogP contribution in [0.4, 0.5) is 36.6 Å². The molecule has 10 nitrogen and oxygen atoms in total. The van der Waals surface area contributed by atoms with Gasteiger partial charge in [-0.2, -0.15) is 19.5 Å². The molecule has 3 aromatic rings. The third-order valence-electron chi connectivity index (χ3n) is 5.10. The first-order valence-electron chi connectivity index (χ1n) is 10.2. The van der Waals surface area contributed by atoms with Crippen molar-refractivity contribution in [1.82, 2.24) is 25.1 Å². The highest BCUT2D eigenvalue weighted by Crippen LogP contribution is 2.35. The van der Waals surface area contributed by atoms with Crippen LogP contribution in [0.2, 0.25) is 0 Å². The number of hydrogen-bond acceptors (Lipinski definition) is 9. The van der Waals surface area contributed by atoms with Crippen LogP contribution < -0.4 is 15.5 Å². The maximum atomic E-state index is 14.9. The molecule has 13 heteroatoms. The Morgan fingerprint density at radius 2 is 2.00 bits per heavy atom. The Kier molecular flexibility index (Phi) is 6.60. The maximum absolute atomic E-state index is 14.9. The second-order valence-corrected chi connectivity index (χ2v) is 7.42. The first-order valence-corrected chi connectivity index (χ1v) is 10.2. The molecule has 0 spiro atoms. The average molecular weight is 464 g/mol. The van der Waals surface area contributed by atoms with Crippen molar-refractivity contribution in [2.45, 2.75) is 13.0 Å². The van der Waals surface area contributed by atoms with Crippen molar-refractivity contribution in [1.29, 1.82) is 0 Å². The second kappa shape index (κ2) is 9.58. The van der Waals surface area contributed by atoms with Crippen molar-refractivity contribution in [3.63, 3.8) is 0 Å². The average Bonchev–Trinajstić information content (AvgIpc) is 3.22. The predicted octanol–water partition coefficient (Wildman–Crippen LogP) is 2.27. The van der Waals surface area contributed by atoms with Crippen molar-refractivity contribution in [3.05, 3.63) is 47.2 Å². The standard InChI is InChI=1S/C20H23F3N8O2/c1-11-7-15(29-28-11)31(14(10-32-2)17-13(22)8-12(21)9-25-17)20-26-18(24)16(23)19(27-20)30-3-5-33-6-4-30/h7-9,14H,3-6,10H2,1-2H3,(H,28,29)(H2,24,26,27). The van der Waals surface area contributed by atoms with Gasteiger partial charge in [0.2, 0.25) is 11.8 Å².